The van der Waals surface area contributed by atoms with Crippen LogP contribution in [0, 0.1) is 0 Å². The Bertz CT molecular complexity index is 1290. The Morgan fingerprint density at radius 3 is 2.50 bits per heavy atom. The van der Waals surface area contributed by atoms with Crippen LogP contribution in [-0.2, 0) is 20.9 Å². The quantitative estimate of drug-likeness (QED) is 0.183. The fourth-order valence-corrected chi connectivity index (χ4v) is 6.28. The summed E-state index contributed by atoms with van der Waals surface area (Å²) in [5, 5.41) is 2.79. The number of guanidine groups is 1. The Labute approximate surface area is 261 Å². The van der Waals surface area contributed by atoms with E-state index >= 15 is 0 Å². The largest absolute Gasteiger partial charge is 0.494 e. The van der Waals surface area contributed by atoms with Gasteiger partial charge in [0.2, 0.25) is 17.8 Å². The van der Waals surface area contributed by atoms with Gasteiger partial charge in [-0.1, -0.05) is 43.9 Å². The Kier molecular flexibility index (Phi) is 11.7. The van der Waals surface area contributed by atoms with Crippen molar-refractivity contribution in [2.45, 2.75) is 96.1 Å². The number of unbranched alkanes of at least 4 members (excludes halogenated alkanes) is 5. The molecule has 2 aromatic carbocycles. The van der Waals surface area contributed by atoms with Crippen LogP contribution in [0.15, 0.2) is 53.5 Å². The summed E-state index contributed by atoms with van der Waals surface area (Å²) < 4.78 is 11.4. The zero-order chi connectivity index (χ0) is 30.6. The van der Waals surface area contributed by atoms with Crippen molar-refractivity contribution >= 4 is 29.4 Å². The van der Waals surface area contributed by atoms with Crippen molar-refractivity contribution in [1.82, 2.24) is 15.1 Å². The monoisotopic (exact) mass is 602 g/mol. The van der Waals surface area contributed by atoms with E-state index in [9.17, 15) is 14.4 Å². The number of carbonyl (C=O) groups is 3. The van der Waals surface area contributed by atoms with Gasteiger partial charge in [-0.2, -0.15) is 0 Å². The highest BCUT2D eigenvalue weighted by atomic mass is 16.5. The molecule has 0 bridgehead atoms. The standard InChI is InChI=1S/C35H46N4O5/c40-32-26-38-25-28-24-30(19-20-31(28)36-35(38)37-32)43-22-13-5-10-18-33(41)39(29-16-8-4-9-17-29)21-11-1-2-12-23-44-34(42)27-14-6-3-7-15-27/h3,6-7,14-15,19-20,24,29H,1-2,4-5,8-13,16-18,21-23,25-26H2,(H,36,37,40). The minimum atomic E-state index is -0.266. The highest BCUT2D eigenvalue weighted by Gasteiger charge is 2.29. The summed E-state index contributed by atoms with van der Waals surface area (Å²) in [5.74, 6) is 1.45. The van der Waals surface area contributed by atoms with Crippen LogP contribution >= 0.6 is 0 Å². The maximum atomic E-state index is 13.3. The van der Waals surface area contributed by atoms with Crippen molar-refractivity contribution in [2.75, 3.05) is 26.3 Å². The zero-order valence-corrected chi connectivity index (χ0v) is 25.8. The van der Waals surface area contributed by atoms with E-state index in [1.54, 1.807) is 12.1 Å². The number of aliphatic imine (C=N–C) groups is 1. The minimum Gasteiger partial charge on any atom is -0.494 e. The molecular weight excluding hydrogens is 556 g/mol. The summed E-state index contributed by atoms with van der Waals surface area (Å²) in [4.78, 5) is 45.7. The first-order chi connectivity index (χ1) is 21.6. The van der Waals surface area contributed by atoms with Gasteiger partial charge < -0.3 is 19.3 Å². The van der Waals surface area contributed by atoms with Crippen molar-refractivity contribution in [1.29, 1.82) is 0 Å². The smallest absolute Gasteiger partial charge is 0.338 e. The number of nitrogens with zero attached hydrogens (tertiary/aromatic N) is 3. The molecule has 0 radical (unpaired) electrons. The van der Waals surface area contributed by atoms with E-state index in [1.165, 1.54) is 19.3 Å². The van der Waals surface area contributed by atoms with E-state index in [-0.39, 0.29) is 11.9 Å². The van der Waals surface area contributed by atoms with Crippen molar-refractivity contribution < 1.29 is 23.9 Å². The molecule has 2 amide bonds. The lowest BCUT2D eigenvalue weighted by Gasteiger charge is -2.34. The molecule has 3 aliphatic rings. The highest BCUT2D eigenvalue weighted by molar-refractivity contribution is 6.05. The van der Waals surface area contributed by atoms with Crippen LogP contribution < -0.4 is 10.1 Å². The topological polar surface area (TPSA) is 101 Å². The van der Waals surface area contributed by atoms with E-state index in [1.807, 2.05) is 41.3 Å². The minimum absolute atomic E-state index is 0.0238. The number of nitrogens with one attached hydrogen (secondary N) is 1. The lowest BCUT2D eigenvalue weighted by atomic mass is 9.93. The third kappa shape index (κ3) is 9.07. The molecule has 1 aliphatic carbocycles. The average molecular weight is 603 g/mol. The Balaban J connectivity index is 0.965. The van der Waals surface area contributed by atoms with E-state index < -0.39 is 0 Å². The van der Waals surface area contributed by atoms with Gasteiger partial charge in [0.15, 0.2) is 0 Å². The first-order valence-electron chi connectivity index (χ1n) is 16.5. The number of hydrogen-bond donors (Lipinski definition) is 1. The molecule has 0 atom stereocenters. The first kappa shape index (κ1) is 31.5. The maximum Gasteiger partial charge on any atom is 0.338 e. The van der Waals surface area contributed by atoms with Gasteiger partial charge in [0.05, 0.1) is 24.5 Å². The molecule has 5 rings (SSSR count). The summed E-state index contributed by atoms with van der Waals surface area (Å²) >= 11 is 0. The molecule has 0 aromatic heterocycles. The van der Waals surface area contributed by atoms with E-state index in [0.717, 1.165) is 81.3 Å². The molecule has 236 valence electrons. The number of fused-ring (bicyclic) bond motifs is 2. The third-order valence-corrected chi connectivity index (χ3v) is 8.70. The van der Waals surface area contributed by atoms with E-state index in [4.69, 9.17) is 9.47 Å². The molecule has 2 aliphatic heterocycles. The maximum absolute atomic E-state index is 13.3. The van der Waals surface area contributed by atoms with Crippen LogP contribution in [0.3, 0.4) is 0 Å². The molecular formula is C35H46N4O5. The molecule has 1 saturated carbocycles. The number of rotatable bonds is 16. The average Bonchev–Trinajstić information content (AvgIpc) is 3.41. The lowest BCUT2D eigenvalue weighted by Crippen LogP contribution is -2.42. The SMILES string of the molecule is O=C1CN2Cc3cc(OCCCCCC(=O)N(CCCCCCOC(=O)c4ccccc4)C4CCCCC4)ccc3N=C2N1. The number of ether oxygens (including phenoxy) is 2. The molecule has 2 fully saturated rings. The number of benzene rings is 2. The Morgan fingerprint density at radius 1 is 0.886 bits per heavy atom. The Hall–Kier alpha value is -3.88. The number of esters is 1. The molecule has 2 heterocycles. The molecule has 9 nitrogen and oxygen atoms in total. The van der Waals surface area contributed by atoms with Crippen LogP contribution in [0.2, 0.25) is 0 Å². The van der Waals surface area contributed by atoms with Crippen LogP contribution in [0.4, 0.5) is 5.69 Å². The van der Waals surface area contributed by atoms with Gasteiger partial charge in [0.25, 0.3) is 0 Å². The molecule has 1 N–H and O–H groups in total. The van der Waals surface area contributed by atoms with Crippen LogP contribution in [-0.4, -0.2) is 65.9 Å². The number of carbonyl (C=O) groups excluding carboxylic acids is 3. The van der Waals surface area contributed by atoms with Crippen molar-refractivity contribution in [2.24, 2.45) is 4.99 Å². The molecule has 1 saturated heterocycles. The second-order valence-electron chi connectivity index (χ2n) is 12.1. The van der Waals surface area contributed by atoms with Gasteiger partial charge >= 0.3 is 5.97 Å². The van der Waals surface area contributed by atoms with Gasteiger partial charge in [-0.05, 0) is 81.7 Å². The van der Waals surface area contributed by atoms with Crippen LogP contribution in [0.25, 0.3) is 0 Å². The third-order valence-electron chi connectivity index (χ3n) is 8.70. The predicted octanol–water partition coefficient (Wildman–Crippen LogP) is 6.14. The zero-order valence-electron chi connectivity index (χ0n) is 25.8. The number of hydrogen-bond acceptors (Lipinski definition) is 7. The van der Waals surface area contributed by atoms with E-state index in [2.05, 4.69) is 15.2 Å². The second-order valence-corrected chi connectivity index (χ2v) is 12.1. The number of amides is 2. The fourth-order valence-electron chi connectivity index (χ4n) is 6.28. The summed E-state index contributed by atoms with van der Waals surface area (Å²) in [5.41, 5.74) is 2.52. The molecule has 44 heavy (non-hydrogen) atoms. The summed E-state index contributed by atoms with van der Waals surface area (Å²) in [6.07, 6.45) is 13.1. The summed E-state index contributed by atoms with van der Waals surface area (Å²) in [6.45, 7) is 2.85. The molecule has 0 spiro atoms. The van der Waals surface area contributed by atoms with Gasteiger partial charge in [0, 0.05) is 31.1 Å². The normalized spacial score (nSPS) is 16.0. The van der Waals surface area contributed by atoms with E-state index in [0.29, 0.717) is 56.2 Å². The second kappa shape index (κ2) is 16.3. The van der Waals surface area contributed by atoms with Crippen LogP contribution in [0.5, 0.6) is 5.75 Å². The predicted molar refractivity (Wildman–Crippen MR) is 170 cm³/mol. The van der Waals surface area contributed by atoms with Gasteiger partial charge in [0.1, 0.15) is 12.3 Å². The van der Waals surface area contributed by atoms with Crippen molar-refractivity contribution in [3.8, 4) is 5.75 Å². The first-order valence-corrected chi connectivity index (χ1v) is 16.5. The van der Waals surface area contributed by atoms with Crippen molar-refractivity contribution in [3.63, 3.8) is 0 Å². The van der Waals surface area contributed by atoms with Gasteiger partial charge in [-0.25, -0.2) is 9.79 Å². The van der Waals surface area contributed by atoms with Gasteiger partial charge in [-0.15, -0.1) is 0 Å². The summed E-state index contributed by atoms with van der Waals surface area (Å²) in [6, 6.07) is 15.4. The molecule has 9 heteroatoms. The molecule has 0 unspecified atom stereocenters. The summed E-state index contributed by atoms with van der Waals surface area (Å²) in [7, 11) is 0. The Morgan fingerprint density at radius 2 is 1.66 bits per heavy atom. The highest BCUT2D eigenvalue weighted by Crippen LogP contribution is 2.30. The van der Waals surface area contributed by atoms with Crippen LogP contribution in [0.1, 0.15) is 99.4 Å². The van der Waals surface area contributed by atoms with Crippen molar-refractivity contribution in [3.05, 3.63) is 59.7 Å². The fraction of sp³-hybridized carbons (Fsp3) is 0.543. The van der Waals surface area contributed by atoms with Gasteiger partial charge in [-0.3, -0.25) is 14.9 Å². The lowest BCUT2D eigenvalue weighted by molar-refractivity contribution is -0.134. The molecule has 2 aromatic rings.